The fourth-order valence-corrected chi connectivity index (χ4v) is 1.97. The molecule has 0 radical (unpaired) electrons. The highest BCUT2D eigenvalue weighted by molar-refractivity contribution is 9.10. The van der Waals surface area contributed by atoms with E-state index < -0.39 is 0 Å². The minimum absolute atomic E-state index is 0.809. The summed E-state index contributed by atoms with van der Waals surface area (Å²) in [6, 6.07) is 4.12. The first-order chi connectivity index (χ1) is 5.77. The van der Waals surface area contributed by atoms with Crippen LogP contribution in [0, 0.1) is 0 Å². The standard InChI is InChI=1S/C10H8BrCl/c11-9-5-7-3-1-2-4-8(7)6-10(9)12/h1,3,5-6H,2,4H2. The Balaban J connectivity index is 2.58. The molecule has 12 heavy (non-hydrogen) atoms. The van der Waals surface area contributed by atoms with Crippen molar-refractivity contribution in [3.63, 3.8) is 0 Å². The molecule has 0 aliphatic heterocycles. The molecule has 1 aromatic carbocycles. The molecule has 2 heteroatoms. The predicted molar refractivity (Wildman–Crippen MR) is 56.5 cm³/mol. The van der Waals surface area contributed by atoms with Crippen LogP contribution in [0.4, 0.5) is 0 Å². The second-order valence-electron chi connectivity index (χ2n) is 2.91. The monoisotopic (exact) mass is 242 g/mol. The topological polar surface area (TPSA) is 0 Å². The summed E-state index contributed by atoms with van der Waals surface area (Å²) in [6.45, 7) is 0. The molecule has 0 N–H and O–H groups in total. The lowest BCUT2D eigenvalue weighted by molar-refractivity contribution is 0.985. The van der Waals surface area contributed by atoms with Gasteiger partial charge in [0.15, 0.2) is 0 Å². The van der Waals surface area contributed by atoms with Gasteiger partial charge in [-0.1, -0.05) is 23.8 Å². The molecular formula is C10H8BrCl. The number of fused-ring (bicyclic) bond motifs is 1. The molecule has 0 atom stereocenters. The number of allylic oxidation sites excluding steroid dienone is 1. The summed E-state index contributed by atoms with van der Waals surface area (Å²) in [4.78, 5) is 0. The van der Waals surface area contributed by atoms with E-state index in [-0.39, 0.29) is 0 Å². The van der Waals surface area contributed by atoms with E-state index in [0.29, 0.717) is 0 Å². The first-order valence-electron chi connectivity index (χ1n) is 3.92. The van der Waals surface area contributed by atoms with Crippen LogP contribution in [-0.2, 0) is 6.42 Å². The van der Waals surface area contributed by atoms with Gasteiger partial charge in [0, 0.05) is 4.47 Å². The van der Waals surface area contributed by atoms with Crippen molar-refractivity contribution in [1.82, 2.24) is 0 Å². The van der Waals surface area contributed by atoms with Crippen molar-refractivity contribution in [3.05, 3.63) is 38.8 Å². The van der Waals surface area contributed by atoms with Gasteiger partial charge >= 0.3 is 0 Å². The van der Waals surface area contributed by atoms with Crippen molar-refractivity contribution >= 4 is 33.6 Å². The van der Waals surface area contributed by atoms with Crippen LogP contribution in [0.2, 0.25) is 5.02 Å². The molecule has 0 aromatic heterocycles. The van der Waals surface area contributed by atoms with Crippen LogP contribution in [0.3, 0.4) is 0 Å². The molecule has 0 amide bonds. The van der Waals surface area contributed by atoms with Gasteiger partial charge in [0.25, 0.3) is 0 Å². The third kappa shape index (κ3) is 1.44. The zero-order chi connectivity index (χ0) is 8.55. The molecule has 2 rings (SSSR count). The molecule has 1 aliphatic rings. The number of hydrogen-bond acceptors (Lipinski definition) is 0. The van der Waals surface area contributed by atoms with Gasteiger partial charge in [-0.05, 0) is 52.0 Å². The molecule has 0 spiro atoms. The summed E-state index contributed by atoms with van der Waals surface area (Å²) >= 11 is 9.38. The summed E-state index contributed by atoms with van der Waals surface area (Å²) in [6.07, 6.45) is 6.59. The van der Waals surface area contributed by atoms with Gasteiger partial charge in [-0.25, -0.2) is 0 Å². The lowest BCUT2D eigenvalue weighted by atomic mass is 9.98. The molecule has 1 aliphatic carbocycles. The Hall–Kier alpha value is -0.270. The number of benzene rings is 1. The zero-order valence-electron chi connectivity index (χ0n) is 6.48. The lowest BCUT2D eigenvalue weighted by Crippen LogP contribution is -1.93. The Morgan fingerprint density at radius 1 is 1.33 bits per heavy atom. The Bertz CT molecular complexity index is 342. The van der Waals surface area contributed by atoms with Crippen molar-refractivity contribution < 1.29 is 0 Å². The van der Waals surface area contributed by atoms with E-state index in [1.807, 2.05) is 6.07 Å². The van der Waals surface area contributed by atoms with Crippen LogP contribution in [0.15, 0.2) is 22.7 Å². The van der Waals surface area contributed by atoms with Gasteiger partial charge in [-0.3, -0.25) is 0 Å². The van der Waals surface area contributed by atoms with Gasteiger partial charge in [-0.2, -0.15) is 0 Å². The van der Waals surface area contributed by atoms with Gasteiger partial charge in [0.1, 0.15) is 0 Å². The van der Waals surface area contributed by atoms with Crippen molar-refractivity contribution in [3.8, 4) is 0 Å². The van der Waals surface area contributed by atoms with Crippen LogP contribution in [0.5, 0.6) is 0 Å². The SMILES string of the molecule is Clc1cc2c(cc1Br)C=CCC2. The van der Waals surface area contributed by atoms with Crippen molar-refractivity contribution in [2.24, 2.45) is 0 Å². The summed E-state index contributed by atoms with van der Waals surface area (Å²) in [5.41, 5.74) is 2.64. The molecule has 1 aromatic rings. The van der Waals surface area contributed by atoms with E-state index in [4.69, 9.17) is 11.6 Å². The predicted octanol–water partition coefficient (Wildman–Crippen LogP) is 4.06. The average Bonchev–Trinajstić information content (AvgIpc) is 2.07. The maximum absolute atomic E-state index is 5.97. The molecule has 0 saturated carbocycles. The van der Waals surface area contributed by atoms with E-state index in [1.54, 1.807) is 0 Å². The Kier molecular flexibility index (Phi) is 2.24. The largest absolute Gasteiger partial charge is 0.0836 e. The average molecular weight is 244 g/mol. The minimum Gasteiger partial charge on any atom is -0.0836 e. The van der Waals surface area contributed by atoms with Crippen molar-refractivity contribution in [2.75, 3.05) is 0 Å². The van der Waals surface area contributed by atoms with Gasteiger partial charge < -0.3 is 0 Å². The first-order valence-corrected chi connectivity index (χ1v) is 5.09. The Morgan fingerprint density at radius 2 is 2.17 bits per heavy atom. The van der Waals surface area contributed by atoms with Crippen molar-refractivity contribution in [1.29, 1.82) is 0 Å². The van der Waals surface area contributed by atoms with E-state index in [1.165, 1.54) is 11.1 Å². The Morgan fingerprint density at radius 3 is 3.00 bits per heavy atom. The lowest BCUT2D eigenvalue weighted by Gasteiger charge is -2.11. The van der Waals surface area contributed by atoms with E-state index in [9.17, 15) is 0 Å². The summed E-state index contributed by atoms with van der Waals surface area (Å²) in [5, 5.41) is 0.809. The maximum Gasteiger partial charge on any atom is 0.0551 e. The van der Waals surface area contributed by atoms with Crippen LogP contribution in [0.25, 0.3) is 6.08 Å². The van der Waals surface area contributed by atoms with E-state index in [0.717, 1.165) is 22.3 Å². The Labute approximate surface area is 85.4 Å². The van der Waals surface area contributed by atoms with Crippen LogP contribution >= 0.6 is 27.5 Å². The van der Waals surface area contributed by atoms with Crippen LogP contribution < -0.4 is 0 Å². The highest BCUT2D eigenvalue weighted by atomic mass is 79.9. The van der Waals surface area contributed by atoms with E-state index >= 15 is 0 Å². The van der Waals surface area contributed by atoms with E-state index in [2.05, 4.69) is 34.1 Å². The normalized spacial score (nSPS) is 14.5. The molecule has 62 valence electrons. The number of aryl methyl sites for hydroxylation is 1. The highest BCUT2D eigenvalue weighted by Crippen LogP contribution is 2.29. The fraction of sp³-hybridized carbons (Fsp3) is 0.200. The molecule has 0 heterocycles. The molecule has 0 saturated heterocycles. The number of hydrogen-bond donors (Lipinski definition) is 0. The second-order valence-corrected chi connectivity index (χ2v) is 4.17. The number of halogens is 2. The third-order valence-corrected chi connectivity index (χ3v) is 3.26. The molecular weight excluding hydrogens is 235 g/mol. The highest BCUT2D eigenvalue weighted by Gasteiger charge is 2.07. The molecule has 0 nitrogen and oxygen atoms in total. The van der Waals surface area contributed by atoms with Gasteiger partial charge in [0.2, 0.25) is 0 Å². The van der Waals surface area contributed by atoms with Crippen LogP contribution in [-0.4, -0.2) is 0 Å². The van der Waals surface area contributed by atoms with Gasteiger partial charge in [0.05, 0.1) is 5.02 Å². The van der Waals surface area contributed by atoms with Gasteiger partial charge in [-0.15, -0.1) is 0 Å². The number of rotatable bonds is 0. The second kappa shape index (κ2) is 3.23. The maximum atomic E-state index is 5.97. The smallest absolute Gasteiger partial charge is 0.0551 e. The quantitative estimate of drug-likeness (QED) is 0.644. The summed E-state index contributed by atoms with van der Waals surface area (Å²) in [5.74, 6) is 0. The van der Waals surface area contributed by atoms with Crippen molar-refractivity contribution in [2.45, 2.75) is 12.8 Å². The molecule has 0 bridgehead atoms. The fourth-order valence-electron chi connectivity index (χ4n) is 1.42. The summed E-state index contributed by atoms with van der Waals surface area (Å²) < 4.78 is 0.981. The summed E-state index contributed by atoms with van der Waals surface area (Å²) in [7, 11) is 0. The van der Waals surface area contributed by atoms with Crippen LogP contribution in [0.1, 0.15) is 17.5 Å². The first kappa shape index (κ1) is 8.33. The zero-order valence-corrected chi connectivity index (χ0v) is 8.82. The minimum atomic E-state index is 0.809. The molecule has 0 fully saturated rings. The molecule has 0 unspecified atom stereocenters. The third-order valence-electron chi connectivity index (χ3n) is 2.06.